The van der Waals surface area contributed by atoms with Gasteiger partial charge in [0.2, 0.25) is 11.9 Å². The molecule has 0 aliphatic rings. The Hall–Kier alpha value is -1.89. The van der Waals surface area contributed by atoms with Crippen molar-refractivity contribution >= 4 is 23.2 Å². The second kappa shape index (κ2) is 7.04. The van der Waals surface area contributed by atoms with Gasteiger partial charge in [-0.05, 0) is 17.9 Å². The number of ether oxygens (including phenoxy) is 1. The first-order valence-electron chi connectivity index (χ1n) is 6.51. The summed E-state index contributed by atoms with van der Waals surface area (Å²) in [4.78, 5) is 15.9. The van der Waals surface area contributed by atoms with Crippen molar-refractivity contribution in [2.75, 3.05) is 30.9 Å². The van der Waals surface area contributed by atoms with Gasteiger partial charge in [0.25, 0.3) is 0 Å². The normalized spacial score (nSPS) is 10.3. The molecule has 0 aliphatic heterocycles. The predicted molar refractivity (Wildman–Crippen MR) is 81.6 cm³/mol. The summed E-state index contributed by atoms with van der Waals surface area (Å²) in [6.45, 7) is 3.39. The number of aromatic nitrogens is 3. The maximum Gasteiger partial charge on any atom is 0.323 e. The largest absolute Gasteiger partial charge is 0.458 e. The average molecular weight is 293 g/mol. The smallest absolute Gasteiger partial charge is 0.323 e. The summed E-state index contributed by atoms with van der Waals surface area (Å²) >= 11 is 1.65. The van der Waals surface area contributed by atoms with E-state index in [-0.39, 0.29) is 0 Å². The summed E-state index contributed by atoms with van der Waals surface area (Å²) < 4.78 is 5.64. The lowest BCUT2D eigenvalue weighted by Gasteiger charge is -2.13. The van der Waals surface area contributed by atoms with Gasteiger partial charge in [0.1, 0.15) is 6.61 Å². The van der Waals surface area contributed by atoms with Crippen LogP contribution < -0.4 is 15.0 Å². The number of hydrogen-bond acceptors (Lipinski definition) is 7. The highest BCUT2D eigenvalue weighted by molar-refractivity contribution is 7.09. The molecule has 20 heavy (non-hydrogen) atoms. The van der Waals surface area contributed by atoms with E-state index in [2.05, 4.69) is 27.2 Å². The Morgan fingerprint density at radius 3 is 2.80 bits per heavy atom. The molecule has 2 rings (SSSR count). The van der Waals surface area contributed by atoms with Crippen LogP contribution in [0.1, 0.15) is 18.2 Å². The molecule has 2 aromatic heterocycles. The van der Waals surface area contributed by atoms with Crippen molar-refractivity contribution in [2.24, 2.45) is 0 Å². The maximum atomic E-state index is 5.64. The molecule has 0 saturated carbocycles. The highest BCUT2D eigenvalue weighted by Gasteiger charge is 2.09. The van der Waals surface area contributed by atoms with Gasteiger partial charge in [-0.2, -0.15) is 15.0 Å². The van der Waals surface area contributed by atoms with Crippen LogP contribution in [-0.4, -0.2) is 35.6 Å². The van der Waals surface area contributed by atoms with Crippen LogP contribution in [0.15, 0.2) is 17.5 Å². The molecular formula is C13H19N5OS. The first-order chi connectivity index (χ1) is 9.69. The molecule has 0 fully saturated rings. The molecule has 6 nitrogen and oxygen atoms in total. The van der Waals surface area contributed by atoms with Crippen molar-refractivity contribution in [3.63, 3.8) is 0 Å². The SMILES string of the molecule is CCCNc1nc(OCc2cccs2)nc(N(C)C)n1. The van der Waals surface area contributed by atoms with Crippen molar-refractivity contribution in [3.8, 4) is 6.01 Å². The zero-order valence-corrected chi connectivity index (χ0v) is 12.8. The number of hydrogen-bond donors (Lipinski definition) is 1. The number of anilines is 2. The zero-order chi connectivity index (χ0) is 14.4. The van der Waals surface area contributed by atoms with Crippen molar-refractivity contribution in [1.29, 1.82) is 0 Å². The molecule has 0 spiro atoms. The van der Waals surface area contributed by atoms with Gasteiger partial charge in [0.15, 0.2) is 0 Å². The number of rotatable bonds is 7. The first kappa shape index (κ1) is 14.5. The van der Waals surface area contributed by atoms with Gasteiger partial charge in [-0.25, -0.2) is 0 Å². The minimum atomic E-state index is 0.343. The van der Waals surface area contributed by atoms with E-state index in [9.17, 15) is 0 Å². The number of nitrogens with one attached hydrogen (secondary N) is 1. The molecule has 0 amide bonds. The molecule has 0 aromatic carbocycles. The summed E-state index contributed by atoms with van der Waals surface area (Å²) in [7, 11) is 3.78. The molecule has 0 radical (unpaired) electrons. The summed E-state index contributed by atoms with van der Waals surface area (Å²) in [5.74, 6) is 1.13. The van der Waals surface area contributed by atoms with Gasteiger partial charge in [0.05, 0.1) is 0 Å². The standard InChI is InChI=1S/C13H19N5OS/c1-4-7-14-11-15-12(18(2)3)17-13(16-11)19-9-10-6-5-8-20-10/h5-6,8H,4,7,9H2,1-3H3,(H,14,15,16,17). The second-order valence-electron chi connectivity index (χ2n) is 4.43. The van der Waals surface area contributed by atoms with Crippen molar-refractivity contribution in [2.45, 2.75) is 20.0 Å². The minimum Gasteiger partial charge on any atom is -0.458 e. The molecule has 1 N–H and O–H groups in total. The van der Waals surface area contributed by atoms with E-state index in [1.807, 2.05) is 36.5 Å². The molecule has 7 heteroatoms. The van der Waals surface area contributed by atoms with Crippen LogP contribution in [0.3, 0.4) is 0 Å². The van der Waals surface area contributed by atoms with Crippen LogP contribution in [0, 0.1) is 0 Å². The van der Waals surface area contributed by atoms with Crippen LogP contribution in [0.2, 0.25) is 0 Å². The Balaban J connectivity index is 2.11. The van der Waals surface area contributed by atoms with E-state index in [1.165, 1.54) is 0 Å². The van der Waals surface area contributed by atoms with Gasteiger partial charge in [-0.3, -0.25) is 0 Å². The molecule has 2 aromatic rings. The van der Waals surface area contributed by atoms with Gasteiger partial charge in [-0.1, -0.05) is 13.0 Å². The molecule has 0 saturated heterocycles. The average Bonchev–Trinajstić information content (AvgIpc) is 2.96. The zero-order valence-electron chi connectivity index (χ0n) is 12.0. The Labute approximate surface area is 122 Å². The van der Waals surface area contributed by atoms with E-state index in [0.29, 0.717) is 24.5 Å². The fourth-order valence-electron chi connectivity index (χ4n) is 1.46. The van der Waals surface area contributed by atoms with Gasteiger partial charge < -0.3 is 15.0 Å². The highest BCUT2D eigenvalue weighted by Crippen LogP contribution is 2.16. The third-order valence-corrected chi connectivity index (χ3v) is 3.31. The Kier molecular flexibility index (Phi) is 5.11. The van der Waals surface area contributed by atoms with E-state index in [1.54, 1.807) is 11.3 Å². The summed E-state index contributed by atoms with van der Waals surface area (Å²) in [5.41, 5.74) is 0. The quantitative estimate of drug-likeness (QED) is 0.845. The van der Waals surface area contributed by atoms with E-state index >= 15 is 0 Å². The van der Waals surface area contributed by atoms with Crippen LogP contribution in [0.4, 0.5) is 11.9 Å². The molecular weight excluding hydrogens is 274 g/mol. The van der Waals surface area contributed by atoms with Crippen LogP contribution in [-0.2, 0) is 6.61 Å². The first-order valence-corrected chi connectivity index (χ1v) is 7.39. The Morgan fingerprint density at radius 1 is 1.30 bits per heavy atom. The maximum absolute atomic E-state index is 5.64. The topological polar surface area (TPSA) is 63.2 Å². The fourth-order valence-corrected chi connectivity index (χ4v) is 2.07. The lowest BCUT2D eigenvalue weighted by molar-refractivity contribution is 0.283. The predicted octanol–water partition coefficient (Wildman–Crippen LogP) is 2.40. The lowest BCUT2D eigenvalue weighted by atomic mass is 10.5. The molecule has 2 heterocycles. The van der Waals surface area contributed by atoms with Crippen LogP contribution in [0.5, 0.6) is 6.01 Å². The van der Waals surface area contributed by atoms with E-state index in [0.717, 1.165) is 17.8 Å². The molecule has 0 bridgehead atoms. The number of thiophene rings is 1. The number of nitrogens with zero attached hydrogens (tertiary/aromatic N) is 4. The van der Waals surface area contributed by atoms with Crippen LogP contribution in [0.25, 0.3) is 0 Å². The molecule has 0 aliphatic carbocycles. The molecule has 0 atom stereocenters. The molecule has 108 valence electrons. The second-order valence-corrected chi connectivity index (χ2v) is 5.46. The van der Waals surface area contributed by atoms with Gasteiger partial charge in [0, 0.05) is 25.5 Å². The highest BCUT2D eigenvalue weighted by atomic mass is 32.1. The molecule has 0 unspecified atom stereocenters. The van der Waals surface area contributed by atoms with Gasteiger partial charge >= 0.3 is 6.01 Å². The summed E-state index contributed by atoms with van der Waals surface area (Å²) in [6.07, 6.45) is 1.01. The summed E-state index contributed by atoms with van der Waals surface area (Å²) in [5, 5.41) is 5.18. The van der Waals surface area contributed by atoms with E-state index < -0.39 is 0 Å². The lowest BCUT2D eigenvalue weighted by Crippen LogP contribution is -2.16. The van der Waals surface area contributed by atoms with Crippen molar-refractivity contribution in [1.82, 2.24) is 15.0 Å². The van der Waals surface area contributed by atoms with Crippen molar-refractivity contribution < 1.29 is 4.74 Å². The Morgan fingerprint density at radius 2 is 2.15 bits per heavy atom. The van der Waals surface area contributed by atoms with E-state index in [4.69, 9.17) is 4.74 Å². The van der Waals surface area contributed by atoms with Crippen LogP contribution >= 0.6 is 11.3 Å². The minimum absolute atomic E-state index is 0.343. The van der Waals surface area contributed by atoms with Crippen molar-refractivity contribution in [3.05, 3.63) is 22.4 Å². The van der Waals surface area contributed by atoms with Gasteiger partial charge in [-0.15, -0.1) is 11.3 Å². The third-order valence-electron chi connectivity index (χ3n) is 2.46. The third kappa shape index (κ3) is 4.06. The fraction of sp³-hybridized carbons (Fsp3) is 0.462. The Bertz CT molecular complexity index is 530. The summed E-state index contributed by atoms with van der Waals surface area (Å²) in [6, 6.07) is 4.36. The monoisotopic (exact) mass is 293 g/mol.